The molecule has 1 unspecified atom stereocenters. The maximum absolute atomic E-state index is 12.9. The van der Waals surface area contributed by atoms with Crippen LogP contribution in [0.25, 0.3) is 0 Å². The lowest BCUT2D eigenvalue weighted by Crippen LogP contribution is -2.48. The molecule has 2 aliphatic heterocycles. The fourth-order valence-electron chi connectivity index (χ4n) is 3.89. The Labute approximate surface area is 154 Å². The van der Waals surface area contributed by atoms with E-state index in [9.17, 15) is 4.79 Å². The Morgan fingerprint density at radius 3 is 2.50 bits per heavy atom. The van der Waals surface area contributed by atoms with Crippen molar-refractivity contribution in [3.05, 3.63) is 48.3 Å². The minimum atomic E-state index is 0.0216. The van der Waals surface area contributed by atoms with Crippen LogP contribution in [0.4, 0.5) is 11.6 Å². The number of benzene rings is 1. The van der Waals surface area contributed by atoms with Crippen LogP contribution in [0.1, 0.15) is 36.0 Å². The molecule has 1 N–H and O–H groups in total. The molecule has 2 fully saturated rings. The lowest BCUT2D eigenvalue weighted by Gasteiger charge is -2.33. The Bertz CT molecular complexity index is 745. The fourth-order valence-corrected chi connectivity index (χ4v) is 3.89. The molecular weight excluding hydrogens is 326 g/mol. The summed E-state index contributed by atoms with van der Waals surface area (Å²) in [5, 5.41) is 3.24. The summed E-state index contributed by atoms with van der Waals surface area (Å²) in [7, 11) is 0. The smallest absolute Gasteiger partial charge is 0.253 e. The topological polar surface area (TPSA) is 61.4 Å². The Morgan fingerprint density at radius 1 is 0.962 bits per heavy atom. The number of hydrogen-bond donors (Lipinski definition) is 1. The van der Waals surface area contributed by atoms with E-state index in [1.165, 1.54) is 12.8 Å². The van der Waals surface area contributed by atoms with Crippen molar-refractivity contribution in [2.45, 2.75) is 31.7 Å². The number of nitrogens with one attached hydrogen (secondary N) is 1. The molecule has 0 aliphatic carbocycles. The zero-order chi connectivity index (χ0) is 17.8. The fraction of sp³-hybridized carbons (Fsp3) is 0.450. The van der Waals surface area contributed by atoms with Gasteiger partial charge in [0.1, 0.15) is 0 Å². The third-order valence-electron chi connectivity index (χ3n) is 5.19. The molecule has 2 aromatic rings. The number of anilines is 2. The quantitative estimate of drug-likeness (QED) is 0.917. The first kappa shape index (κ1) is 16.8. The summed E-state index contributed by atoms with van der Waals surface area (Å²) in [4.78, 5) is 26.1. The number of carbonyl (C=O) groups excluding carboxylic acids is 1. The lowest BCUT2D eigenvalue weighted by molar-refractivity contribution is 0.0933. The van der Waals surface area contributed by atoms with Gasteiger partial charge in [-0.3, -0.25) is 4.79 Å². The van der Waals surface area contributed by atoms with Crippen molar-refractivity contribution in [1.29, 1.82) is 0 Å². The van der Waals surface area contributed by atoms with E-state index in [1.807, 2.05) is 24.3 Å². The van der Waals surface area contributed by atoms with E-state index >= 15 is 0 Å². The van der Waals surface area contributed by atoms with Crippen LogP contribution >= 0.6 is 0 Å². The number of aromatic nitrogens is 2. The molecule has 2 aliphatic rings. The second-order valence-corrected chi connectivity index (χ2v) is 7.02. The van der Waals surface area contributed by atoms with Gasteiger partial charge in [0.2, 0.25) is 5.95 Å². The first-order valence-corrected chi connectivity index (χ1v) is 9.48. The van der Waals surface area contributed by atoms with Crippen LogP contribution in [0.15, 0.2) is 42.7 Å². The molecule has 136 valence electrons. The Hall–Kier alpha value is -2.63. The second-order valence-electron chi connectivity index (χ2n) is 7.02. The Balaban J connectivity index is 1.45. The zero-order valence-electron chi connectivity index (χ0n) is 15.0. The molecule has 6 heteroatoms. The van der Waals surface area contributed by atoms with Gasteiger partial charge in [0.25, 0.3) is 5.91 Å². The van der Waals surface area contributed by atoms with Crippen LogP contribution in [-0.4, -0.2) is 48.1 Å². The molecule has 0 bridgehead atoms. The van der Waals surface area contributed by atoms with E-state index in [-0.39, 0.29) is 11.9 Å². The monoisotopic (exact) mass is 351 g/mol. The van der Waals surface area contributed by atoms with Crippen molar-refractivity contribution in [2.75, 3.05) is 36.0 Å². The van der Waals surface area contributed by atoms with Gasteiger partial charge in [-0.25, -0.2) is 9.97 Å². The molecule has 1 aromatic carbocycles. The Morgan fingerprint density at radius 2 is 1.69 bits per heavy atom. The standard InChI is InChI=1S/C20H25N5O/c26-19(17-8-1-2-9-18(17)24-12-3-4-13-24)23-16-7-5-14-25(15-16)20-21-10-6-11-22-20/h1-2,6,8-11,16H,3-5,7,12-15H2,(H,23,26). The van der Waals surface area contributed by atoms with Gasteiger partial charge in [0, 0.05) is 50.3 Å². The van der Waals surface area contributed by atoms with Gasteiger partial charge < -0.3 is 15.1 Å². The minimum Gasteiger partial charge on any atom is -0.371 e. The average molecular weight is 351 g/mol. The van der Waals surface area contributed by atoms with Gasteiger partial charge >= 0.3 is 0 Å². The summed E-state index contributed by atoms with van der Waals surface area (Å²) in [5.41, 5.74) is 1.84. The molecule has 0 spiro atoms. The van der Waals surface area contributed by atoms with Gasteiger partial charge in [-0.15, -0.1) is 0 Å². The maximum Gasteiger partial charge on any atom is 0.253 e. The number of para-hydroxylation sites is 1. The third kappa shape index (κ3) is 3.64. The number of amides is 1. The van der Waals surface area contributed by atoms with Crippen molar-refractivity contribution in [3.8, 4) is 0 Å². The average Bonchev–Trinajstić information content (AvgIpc) is 3.23. The predicted octanol–water partition coefficient (Wildman–Crippen LogP) is 2.48. The van der Waals surface area contributed by atoms with Gasteiger partial charge in [-0.1, -0.05) is 12.1 Å². The summed E-state index contributed by atoms with van der Waals surface area (Å²) in [5.74, 6) is 0.761. The molecule has 1 amide bonds. The van der Waals surface area contributed by atoms with Gasteiger partial charge in [0.15, 0.2) is 0 Å². The van der Waals surface area contributed by atoms with E-state index < -0.39 is 0 Å². The summed E-state index contributed by atoms with van der Waals surface area (Å²) < 4.78 is 0. The number of rotatable bonds is 4. The van der Waals surface area contributed by atoms with Crippen LogP contribution in [0.5, 0.6) is 0 Å². The van der Waals surface area contributed by atoms with E-state index in [2.05, 4.69) is 31.2 Å². The maximum atomic E-state index is 12.9. The normalized spacial score (nSPS) is 20.2. The molecule has 0 saturated carbocycles. The lowest BCUT2D eigenvalue weighted by atomic mass is 10.0. The van der Waals surface area contributed by atoms with Crippen molar-refractivity contribution in [2.24, 2.45) is 0 Å². The molecule has 6 nitrogen and oxygen atoms in total. The number of hydrogen-bond acceptors (Lipinski definition) is 5. The summed E-state index contributed by atoms with van der Waals surface area (Å²) in [6.07, 6.45) is 7.93. The molecule has 4 rings (SSSR count). The van der Waals surface area contributed by atoms with E-state index in [0.717, 1.165) is 56.2 Å². The molecule has 1 aromatic heterocycles. The van der Waals surface area contributed by atoms with Gasteiger partial charge in [0.05, 0.1) is 5.56 Å². The highest BCUT2D eigenvalue weighted by molar-refractivity contribution is 6.00. The summed E-state index contributed by atoms with van der Waals surface area (Å²) >= 11 is 0. The van der Waals surface area contributed by atoms with Gasteiger partial charge in [-0.2, -0.15) is 0 Å². The zero-order valence-corrected chi connectivity index (χ0v) is 15.0. The SMILES string of the molecule is O=C(NC1CCCN(c2ncccn2)C1)c1ccccc1N1CCCC1. The van der Waals surface area contributed by atoms with E-state index in [1.54, 1.807) is 12.4 Å². The molecule has 0 radical (unpaired) electrons. The minimum absolute atomic E-state index is 0.0216. The van der Waals surface area contributed by atoms with Crippen LogP contribution in [0.3, 0.4) is 0 Å². The van der Waals surface area contributed by atoms with Crippen LogP contribution in [-0.2, 0) is 0 Å². The highest BCUT2D eigenvalue weighted by atomic mass is 16.1. The predicted molar refractivity (Wildman–Crippen MR) is 103 cm³/mol. The highest BCUT2D eigenvalue weighted by Gasteiger charge is 2.25. The number of piperidine rings is 1. The van der Waals surface area contributed by atoms with Crippen molar-refractivity contribution in [3.63, 3.8) is 0 Å². The summed E-state index contributed by atoms with van der Waals surface area (Å²) in [6, 6.07) is 9.89. The van der Waals surface area contributed by atoms with Crippen molar-refractivity contribution >= 4 is 17.5 Å². The van der Waals surface area contributed by atoms with Gasteiger partial charge in [-0.05, 0) is 43.9 Å². The van der Waals surface area contributed by atoms with E-state index in [0.29, 0.717) is 0 Å². The number of nitrogens with zero attached hydrogens (tertiary/aromatic N) is 4. The van der Waals surface area contributed by atoms with Crippen molar-refractivity contribution in [1.82, 2.24) is 15.3 Å². The van der Waals surface area contributed by atoms with Crippen LogP contribution in [0.2, 0.25) is 0 Å². The molecular formula is C20H25N5O. The first-order valence-electron chi connectivity index (χ1n) is 9.48. The molecule has 3 heterocycles. The molecule has 1 atom stereocenters. The third-order valence-corrected chi connectivity index (χ3v) is 5.19. The largest absolute Gasteiger partial charge is 0.371 e. The van der Waals surface area contributed by atoms with E-state index in [4.69, 9.17) is 0 Å². The highest BCUT2D eigenvalue weighted by Crippen LogP contribution is 2.25. The Kier molecular flexibility index (Phi) is 5.00. The number of carbonyl (C=O) groups is 1. The second kappa shape index (κ2) is 7.72. The van der Waals surface area contributed by atoms with Crippen LogP contribution < -0.4 is 15.1 Å². The molecule has 26 heavy (non-hydrogen) atoms. The molecule has 2 saturated heterocycles. The summed E-state index contributed by atoms with van der Waals surface area (Å²) in [6.45, 7) is 3.75. The van der Waals surface area contributed by atoms with Crippen molar-refractivity contribution < 1.29 is 4.79 Å². The van der Waals surface area contributed by atoms with Crippen LogP contribution in [0, 0.1) is 0 Å². The first-order chi connectivity index (χ1) is 12.8.